The molecule has 1 aliphatic rings. The topological polar surface area (TPSA) is 84.0 Å². The molecule has 0 radical (unpaired) electrons. The van der Waals surface area contributed by atoms with E-state index in [2.05, 4.69) is 15.5 Å². The molecule has 6 nitrogen and oxygen atoms in total. The Morgan fingerprint density at radius 3 is 2.63 bits per heavy atom. The molecule has 4 rings (SSSR count). The Hall–Kier alpha value is -3.52. The molecule has 0 spiro atoms. The van der Waals surface area contributed by atoms with Crippen LogP contribution in [0.5, 0.6) is 0 Å². The van der Waals surface area contributed by atoms with Gasteiger partial charge in [-0.3, -0.25) is 9.59 Å². The summed E-state index contributed by atoms with van der Waals surface area (Å²) in [6, 6.07) is 18.3. The molecular weight excluding hydrogens is 405 g/mol. The van der Waals surface area contributed by atoms with Gasteiger partial charge in [-0.05, 0) is 36.4 Å². The number of carbonyl (C=O) groups is 2. The molecule has 0 bridgehead atoms. The number of Topliss-reactive ketones (excluding diaryl/α,β-unsaturated/α-hetero) is 1. The smallest absolute Gasteiger partial charge is 0.240 e. The van der Waals surface area contributed by atoms with Gasteiger partial charge in [-0.15, -0.1) is 5.10 Å². The minimum Gasteiger partial charge on any atom is -0.455 e. The zero-order valence-corrected chi connectivity index (χ0v) is 16.4. The molecule has 3 aromatic rings. The number of carbonyl (C=O) groups excluding carboxylic acids is 2. The number of benzene rings is 2. The standard InChI is InChI=1S/C22H16FN3O3S/c23-16-8-6-15(7-9-16)19-11-10-17(29-19)13-24-26-22-25-21(28)20(30-22)12-18(27)14-4-2-1-3-5-14/h1-11,13,20H,12H2,(H,25,26,28)/b24-13+. The monoisotopic (exact) mass is 421 g/mol. The van der Waals surface area contributed by atoms with E-state index in [1.54, 1.807) is 48.5 Å². The van der Waals surface area contributed by atoms with Crippen LogP contribution in [0, 0.1) is 5.82 Å². The molecule has 2 heterocycles. The molecule has 1 atom stereocenters. The van der Waals surface area contributed by atoms with Gasteiger partial charge in [0.05, 0.1) is 11.5 Å². The summed E-state index contributed by atoms with van der Waals surface area (Å²) in [5.41, 5.74) is 1.32. The van der Waals surface area contributed by atoms with Gasteiger partial charge in [0.15, 0.2) is 11.0 Å². The van der Waals surface area contributed by atoms with Gasteiger partial charge < -0.3 is 9.73 Å². The van der Waals surface area contributed by atoms with Crippen LogP contribution in [0.3, 0.4) is 0 Å². The Bertz CT molecular complexity index is 1120. The maximum absolute atomic E-state index is 13.0. The van der Waals surface area contributed by atoms with E-state index in [4.69, 9.17) is 4.42 Å². The zero-order valence-electron chi connectivity index (χ0n) is 15.6. The number of hydrogen-bond acceptors (Lipinski definition) is 6. The van der Waals surface area contributed by atoms with Crippen LogP contribution in [0.25, 0.3) is 11.3 Å². The van der Waals surface area contributed by atoms with Crippen LogP contribution in [-0.2, 0) is 4.79 Å². The average molecular weight is 421 g/mol. The summed E-state index contributed by atoms with van der Waals surface area (Å²) in [6.07, 6.45) is 1.50. The number of amides is 1. The summed E-state index contributed by atoms with van der Waals surface area (Å²) in [5, 5.41) is 10.3. The van der Waals surface area contributed by atoms with Crippen LogP contribution in [0.1, 0.15) is 22.5 Å². The molecule has 150 valence electrons. The molecule has 1 aromatic heterocycles. The maximum atomic E-state index is 13.0. The van der Waals surface area contributed by atoms with Crippen LogP contribution in [-0.4, -0.2) is 28.3 Å². The third-order valence-electron chi connectivity index (χ3n) is 4.33. The lowest BCUT2D eigenvalue weighted by atomic mass is 10.1. The zero-order chi connectivity index (χ0) is 20.9. The fourth-order valence-electron chi connectivity index (χ4n) is 2.83. The molecule has 1 N–H and O–H groups in total. The van der Waals surface area contributed by atoms with Crippen LogP contribution in [0.15, 0.2) is 81.4 Å². The van der Waals surface area contributed by atoms with E-state index in [0.717, 1.165) is 5.56 Å². The first kappa shape index (κ1) is 19.8. The fraction of sp³-hybridized carbons (Fsp3) is 0.0909. The highest BCUT2D eigenvalue weighted by atomic mass is 32.2. The molecule has 1 aliphatic heterocycles. The predicted octanol–water partition coefficient (Wildman–Crippen LogP) is 4.28. The lowest BCUT2D eigenvalue weighted by Crippen LogP contribution is -2.26. The van der Waals surface area contributed by atoms with Crippen molar-refractivity contribution in [2.45, 2.75) is 11.7 Å². The van der Waals surface area contributed by atoms with Crippen LogP contribution in [0.4, 0.5) is 4.39 Å². The van der Waals surface area contributed by atoms with Crippen molar-refractivity contribution in [3.05, 3.63) is 83.9 Å². The average Bonchev–Trinajstić information content (AvgIpc) is 3.36. The van der Waals surface area contributed by atoms with Crippen molar-refractivity contribution >= 4 is 34.8 Å². The first-order valence-corrected chi connectivity index (χ1v) is 9.99. The van der Waals surface area contributed by atoms with Gasteiger partial charge >= 0.3 is 0 Å². The van der Waals surface area contributed by atoms with Crippen molar-refractivity contribution in [3.8, 4) is 11.3 Å². The van der Waals surface area contributed by atoms with E-state index in [9.17, 15) is 14.0 Å². The Kier molecular flexibility index (Phi) is 5.85. The molecule has 0 saturated carbocycles. The van der Waals surface area contributed by atoms with Crippen molar-refractivity contribution in [1.29, 1.82) is 0 Å². The Labute approximate surface area is 175 Å². The van der Waals surface area contributed by atoms with E-state index in [-0.39, 0.29) is 23.9 Å². The highest BCUT2D eigenvalue weighted by molar-refractivity contribution is 8.15. The predicted molar refractivity (Wildman–Crippen MR) is 114 cm³/mol. The second-order valence-electron chi connectivity index (χ2n) is 6.45. The normalized spacial score (nSPS) is 17.6. The van der Waals surface area contributed by atoms with Gasteiger partial charge in [0.2, 0.25) is 5.91 Å². The number of hydrogen-bond donors (Lipinski definition) is 1. The minimum absolute atomic E-state index is 0.0858. The van der Waals surface area contributed by atoms with E-state index in [1.807, 2.05) is 6.07 Å². The van der Waals surface area contributed by atoms with Gasteiger partial charge in [-0.25, -0.2) is 4.39 Å². The van der Waals surface area contributed by atoms with Crippen molar-refractivity contribution in [2.24, 2.45) is 10.2 Å². The van der Waals surface area contributed by atoms with Gasteiger partial charge in [0.1, 0.15) is 17.3 Å². The van der Waals surface area contributed by atoms with Crippen LogP contribution in [0.2, 0.25) is 0 Å². The molecule has 30 heavy (non-hydrogen) atoms. The van der Waals surface area contributed by atoms with Gasteiger partial charge in [0, 0.05) is 17.5 Å². The van der Waals surface area contributed by atoms with Gasteiger partial charge in [0.25, 0.3) is 0 Å². The number of rotatable bonds is 6. The highest BCUT2D eigenvalue weighted by Gasteiger charge is 2.32. The summed E-state index contributed by atoms with van der Waals surface area (Å²) in [6.45, 7) is 0. The molecule has 1 amide bonds. The number of thioether (sulfide) groups is 1. The molecule has 0 aliphatic carbocycles. The fourth-order valence-corrected chi connectivity index (χ4v) is 3.75. The number of halogens is 1. The van der Waals surface area contributed by atoms with Crippen molar-refractivity contribution in [3.63, 3.8) is 0 Å². The number of furan rings is 1. The molecule has 1 saturated heterocycles. The number of amidine groups is 1. The lowest BCUT2D eigenvalue weighted by molar-refractivity contribution is -0.118. The highest BCUT2D eigenvalue weighted by Crippen LogP contribution is 2.24. The van der Waals surface area contributed by atoms with E-state index in [1.165, 1.54) is 30.1 Å². The van der Waals surface area contributed by atoms with E-state index >= 15 is 0 Å². The SMILES string of the molecule is O=C(CC1S/C(=N/N=C/c2ccc(-c3ccc(F)cc3)o2)NC1=O)c1ccccc1. The summed E-state index contributed by atoms with van der Waals surface area (Å²) < 4.78 is 18.7. The summed E-state index contributed by atoms with van der Waals surface area (Å²) in [7, 11) is 0. The second-order valence-corrected chi connectivity index (χ2v) is 7.64. The summed E-state index contributed by atoms with van der Waals surface area (Å²) in [4.78, 5) is 24.4. The van der Waals surface area contributed by atoms with Crippen LogP contribution < -0.4 is 5.32 Å². The van der Waals surface area contributed by atoms with Gasteiger partial charge in [-0.2, -0.15) is 5.10 Å². The molecular formula is C22H16FN3O3S. The third kappa shape index (κ3) is 4.72. The van der Waals surface area contributed by atoms with Crippen molar-refractivity contribution in [2.75, 3.05) is 0 Å². The second kappa shape index (κ2) is 8.87. The Balaban J connectivity index is 1.36. The van der Waals surface area contributed by atoms with Gasteiger partial charge in [-0.1, -0.05) is 42.1 Å². The number of ketones is 1. The van der Waals surface area contributed by atoms with Crippen molar-refractivity contribution < 1.29 is 18.4 Å². The third-order valence-corrected chi connectivity index (χ3v) is 5.40. The maximum Gasteiger partial charge on any atom is 0.240 e. The van der Waals surface area contributed by atoms with E-state index in [0.29, 0.717) is 22.3 Å². The van der Waals surface area contributed by atoms with Crippen LogP contribution >= 0.6 is 11.8 Å². The lowest BCUT2D eigenvalue weighted by Gasteiger charge is -2.04. The first-order chi connectivity index (χ1) is 14.6. The largest absolute Gasteiger partial charge is 0.455 e. The molecule has 1 unspecified atom stereocenters. The van der Waals surface area contributed by atoms with Crippen molar-refractivity contribution in [1.82, 2.24) is 5.32 Å². The Morgan fingerprint density at radius 1 is 1.10 bits per heavy atom. The number of nitrogens with one attached hydrogen (secondary N) is 1. The summed E-state index contributed by atoms with van der Waals surface area (Å²) >= 11 is 1.17. The van der Waals surface area contributed by atoms with E-state index < -0.39 is 5.25 Å². The first-order valence-electron chi connectivity index (χ1n) is 9.11. The number of nitrogens with zero attached hydrogens (tertiary/aromatic N) is 2. The minimum atomic E-state index is -0.541. The summed E-state index contributed by atoms with van der Waals surface area (Å²) in [5.74, 6) is 0.352. The molecule has 1 fully saturated rings. The molecule has 2 aromatic carbocycles. The quantitative estimate of drug-likeness (QED) is 0.366. The molecule has 8 heteroatoms. The Morgan fingerprint density at radius 2 is 1.87 bits per heavy atom.